The van der Waals surface area contributed by atoms with Gasteiger partial charge in [0, 0.05) is 25.2 Å². The maximum absolute atomic E-state index is 2.63. The molecule has 5 fully saturated rings. The van der Waals surface area contributed by atoms with Crippen LogP contribution in [0.4, 0.5) is 0 Å². The Morgan fingerprint density at radius 2 is 1.41 bits per heavy atom. The molecule has 1 nitrogen and oxygen atoms in total. The predicted molar refractivity (Wildman–Crippen MR) is 93.7 cm³/mol. The maximum atomic E-state index is 2.63. The molecule has 126 valence electrons. The molecule has 0 saturated heterocycles. The molecule has 0 aromatic rings. The number of rotatable bonds is 3. The molecule has 5 aliphatic carbocycles. The molecule has 5 saturated carbocycles. The molecule has 0 amide bonds. The maximum Gasteiger partial charge on any atom is 0.100 e. The van der Waals surface area contributed by atoms with E-state index in [9.17, 15) is 0 Å². The highest BCUT2D eigenvalue weighted by Gasteiger charge is 2.65. The van der Waals surface area contributed by atoms with Gasteiger partial charge in [-0.1, -0.05) is 33.1 Å². The zero-order valence-corrected chi connectivity index (χ0v) is 15.6. The molecule has 0 N–H and O–H groups in total. The average Bonchev–Trinajstić information content (AvgIpc) is 2.34. The Morgan fingerprint density at radius 1 is 0.818 bits per heavy atom. The van der Waals surface area contributed by atoms with Crippen LogP contribution in [0.5, 0.6) is 0 Å². The second-order valence-electron chi connectivity index (χ2n) is 11.2. The second-order valence-corrected chi connectivity index (χ2v) is 11.2. The van der Waals surface area contributed by atoms with Crippen molar-refractivity contribution in [1.29, 1.82) is 0 Å². The van der Waals surface area contributed by atoms with Gasteiger partial charge in [-0.3, -0.25) is 0 Å². The molecule has 0 aromatic heterocycles. The van der Waals surface area contributed by atoms with Crippen LogP contribution < -0.4 is 0 Å². The summed E-state index contributed by atoms with van der Waals surface area (Å²) in [6.07, 6.45) is 16.7. The Labute approximate surface area is 138 Å². The van der Waals surface area contributed by atoms with Crippen LogP contribution in [0.25, 0.3) is 0 Å². The van der Waals surface area contributed by atoms with E-state index in [1.54, 1.807) is 0 Å². The van der Waals surface area contributed by atoms with Gasteiger partial charge in [0.25, 0.3) is 0 Å². The van der Waals surface area contributed by atoms with E-state index in [1.807, 2.05) is 0 Å². The molecule has 0 radical (unpaired) electrons. The van der Waals surface area contributed by atoms with Crippen LogP contribution >= 0.6 is 0 Å². The van der Waals surface area contributed by atoms with Crippen molar-refractivity contribution >= 4 is 0 Å². The van der Waals surface area contributed by atoms with E-state index in [4.69, 9.17) is 0 Å². The van der Waals surface area contributed by atoms with E-state index in [2.05, 4.69) is 27.9 Å². The highest BCUT2D eigenvalue weighted by atomic mass is 15.4. The van der Waals surface area contributed by atoms with Gasteiger partial charge in [-0.2, -0.15) is 0 Å². The summed E-state index contributed by atoms with van der Waals surface area (Å²) in [6.45, 7) is 6.72. The summed E-state index contributed by atoms with van der Waals surface area (Å²) in [5.74, 6) is 2.05. The highest BCUT2D eigenvalue weighted by molar-refractivity contribution is 5.12. The van der Waals surface area contributed by atoms with Crippen molar-refractivity contribution in [3.63, 3.8) is 0 Å². The molecule has 1 heteroatoms. The Balaban J connectivity index is 1.59. The minimum absolute atomic E-state index is 0.611. The first-order valence-electron chi connectivity index (χ1n) is 10.1. The van der Waals surface area contributed by atoms with Gasteiger partial charge in [0.05, 0.1) is 20.6 Å². The lowest BCUT2D eigenvalue weighted by Gasteiger charge is -2.68. The first-order chi connectivity index (χ1) is 10.2. The van der Waals surface area contributed by atoms with Gasteiger partial charge >= 0.3 is 0 Å². The standard InChI is InChI=1S/C21H38N/c1-19-10-18-11-20(2,14-19)16-21(12-18,15-19)22(3,4)13-17-8-6-5-7-9-17/h17-18H,5-16H2,1-4H3/q+1. The quantitative estimate of drug-likeness (QED) is 0.613. The van der Waals surface area contributed by atoms with E-state index in [1.165, 1.54) is 81.7 Å². The number of quaternary nitrogens is 1. The Bertz CT molecular complexity index is 427. The van der Waals surface area contributed by atoms with Gasteiger partial charge < -0.3 is 4.48 Å². The third-order valence-electron chi connectivity index (χ3n) is 8.32. The summed E-state index contributed by atoms with van der Waals surface area (Å²) in [4.78, 5) is 0. The van der Waals surface area contributed by atoms with Crippen LogP contribution in [0.1, 0.15) is 84.5 Å². The van der Waals surface area contributed by atoms with E-state index < -0.39 is 0 Å². The molecular formula is C21H38N+. The summed E-state index contributed by atoms with van der Waals surface area (Å²) >= 11 is 0. The largest absolute Gasteiger partial charge is 0.323 e. The third kappa shape index (κ3) is 2.38. The van der Waals surface area contributed by atoms with Crippen LogP contribution in [0.2, 0.25) is 0 Å². The molecule has 5 rings (SSSR count). The minimum Gasteiger partial charge on any atom is -0.323 e. The topological polar surface area (TPSA) is 0 Å². The van der Waals surface area contributed by atoms with E-state index in [-0.39, 0.29) is 0 Å². The molecule has 2 unspecified atom stereocenters. The molecule has 4 bridgehead atoms. The van der Waals surface area contributed by atoms with Gasteiger partial charge in [-0.15, -0.1) is 0 Å². The van der Waals surface area contributed by atoms with Gasteiger partial charge in [0.15, 0.2) is 0 Å². The van der Waals surface area contributed by atoms with Crippen molar-refractivity contribution in [3.05, 3.63) is 0 Å². The van der Waals surface area contributed by atoms with Crippen LogP contribution in [0, 0.1) is 22.7 Å². The Morgan fingerprint density at radius 3 is 1.95 bits per heavy atom. The fraction of sp³-hybridized carbons (Fsp3) is 1.00. The Kier molecular flexibility index (Phi) is 3.34. The number of hydrogen-bond acceptors (Lipinski definition) is 0. The molecule has 0 aliphatic heterocycles. The van der Waals surface area contributed by atoms with Crippen molar-refractivity contribution in [2.75, 3.05) is 20.6 Å². The zero-order chi connectivity index (χ0) is 15.6. The molecule has 5 aliphatic rings. The molecule has 22 heavy (non-hydrogen) atoms. The highest BCUT2D eigenvalue weighted by Crippen LogP contribution is 2.68. The van der Waals surface area contributed by atoms with Crippen LogP contribution in [-0.4, -0.2) is 30.7 Å². The second kappa shape index (κ2) is 4.74. The molecular weight excluding hydrogens is 266 g/mol. The van der Waals surface area contributed by atoms with Crippen molar-refractivity contribution < 1.29 is 4.48 Å². The lowest BCUT2D eigenvalue weighted by molar-refractivity contribution is -0.952. The Hall–Kier alpha value is -0.0400. The average molecular weight is 305 g/mol. The minimum atomic E-state index is 0.611. The first kappa shape index (κ1) is 15.5. The van der Waals surface area contributed by atoms with Crippen molar-refractivity contribution in [2.24, 2.45) is 22.7 Å². The SMILES string of the molecule is CC12CC3CC(C)(C1)CC([N+](C)(C)CC1CCCCC1)(C3)C2. The van der Waals surface area contributed by atoms with Crippen molar-refractivity contribution in [3.8, 4) is 0 Å². The molecule has 0 spiro atoms. The van der Waals surface area contributed by atoms with Gasteiger partial charge in [0.1, 0.15) is 5.54 Å². The lowest BCUT2D eigenvalue weighted by atomic mass is 9.42. The smallest absolute Gasteiger partial charge is 0.100 e. The molecule has 0 aromatic carbocycles. The van der Waals surface area contributed by atoms with Crippen LogP contribution in [0.15, 0.2) is 0 Å². The van der Waals surface area contributed by atoms with E-state index in [0.29, 0.717) is 16.4 Å². The lowest BCUT2D eigenvalue weighted by Crippen LogP contribution is -2.71. The predicted octanol–water partition coefficient (Wildman–Crippen LogP) is 5.39. The number of nitrogens with zero attached hydrogens (tertiary/aromatic N) is 1. The number of hydrogen-bond donors (Lipinski definition) is 0. The van der Waals surface area contributed by atoms with Crippen molar-refractivity contribution in [2.45, 2.75) is 90.0 Å². The summed E-state index contributed by atoms with van der Waals surface area (Å²) in [7, 11) is 5.21. The zero-order valence-electron chi connectivity index (χ0n) is 15.6. The summed E-state index contributed by atoms with van der Waals surface area (Å²) in [5.41, 5.74) is 1.94. The summed E-state index contributed by atoms with van der Waals surface area (Å²) in [5, 5.41) is 0. The fourth-order valence-corrected chi connectivity index (χ4v) is 8.27. The van der Waals surface area contributed by atoms with Crippen LogP contribution in [-0.2, 0) is 0 Å². The fourth-order valence-electron chi connectivity index (χ4n) is 8.27. The summed E-state index contributed by atoms with van der Waals surface area (Å²) < 4.78 is 1.33. The van der Waals surface area contributed by atoms with Crippen LogP contribution in [0.3, 0.4) is 0 Å². The molecule has 0 heterocycles. The summed E-state index contributed by atoms with van der Waals surface area (Å²) in [6, 6.07) is 0. The van der Waals surface area contributed by atoms with Gasteiger partial charge in [0.2, 0.25) is 0 Å². The third-order valence-corrected chi connectivity index (χ3v) is 8.32. The first-order valence-corrected chi connectivity index (χ1v) is 10.1. The van der Waals surface area contributed by atoms with E-state index in [0.717, 1.165) is 11.8 Å². The monoisotopic (exact) mass is 304 g/mol. The normalized spacial score (nSPS) is 48.8. The molecule has 2 atom stereocenters. The van der Waals surface area contributed by atoms with E-state index >= 15 is 0 Å². The van der Waals surface area contributed by atoms with Crippen molar-refractivity contribution in [1.82, 2.24) is 0 Å². The van der Waals surface area contributed by atoms with Gasteiger partial charge in [-0.05, 0) is 48.9 Å². The van der Waals surface area contributed by atoms with Gasteiger partial charge in [-0.25, -0.2) is 0 Å².